The number of carbonyl (C=O) groups excluding carboxylic acids is 2. The third-order valence-corrected chi connectivity index (χ3v) is 3.62. The molecule has 0 bridgehead atoms. The van der Waals surface area contributed by atoms with E-state index in [2.05, 4.69) is 10.3 Å². The topological polar surface area (TPSA) is 119 Å². The summed E-state index contributed by atoms with van der Waals surface area (Å²) in [5.41, 5.74) is 0.215. The maximum Gasteiger partial charge on any atom is 0.342 e. The highest BCUT2D eigenvalue weighted by atomic mass is 16.5. The number of aromatic nitrogens is 1. The predicted octanol–water partition coefficient (Wildman–Crippen LogP) is 1.53. The molecular formula is C17H14N2O6. The van der Waals surface area contributed by atoms with Gasteiger partial charge in [0.05, 0.1) is 13.7 Å². The molecule has 0 fully saturated rings. The number of methoxy groups -OCH3 is 1. The molecule has 0 spiro atoms. The molecule has 0 saturated heterocycles. The van der Waals surface area contributed by atoms with Crippen LogP contribution in [0, 0.1) is 0 Å². The van der Waals surface area contributed by atoms with Crippen LogP contribution in [0.2, 0.25) is 0 Å². The largest absolute Gasteiger partial charge is 0.465 e. The smallest absolute Gasteiger partial charge is 0.342 e. The SMILES string of the molecule is COC(=O)c1c2nc3c(CO)cccc3oc-2cc(=O)c1NC(C)=O. The third-order valence-electron chi connectivity index (χ3n) is 3.62. The number of hydrogen-bond donors (Lipinski definition) is 2. The highest BCUT2D eigenvalue weighted by molar-refractivity contribution is 6.05. The maximum atomic E-state index is 12.3. The van der Waals surface area contributed by atoms with Crippen LogP contribution in [0.25, 0.3) is 22.6 Å². The van der Waals surface area contributed by atoms with E-state index in [1.807, 2.05) is 0 Å². The fraction of sp³-hybridized carbons (Fsp3) is 0.176. The highest BCUT2D eigenvalue weighted by Gasteiger charge is 2.27. The summed E-state index contributed by atoms with van der Waals surface area (Å²) < 4.78 is 10.4. The Morgan fingerprint density at radius 1 is 1.36 bits per heavy atom. The number of nitrogens with one attached hydrogen (secondary N) is 1. The van der Waals surface area contributed by atoms with Crippen molar-refractivity contribution in [1.29, 1.82) is 0 Å². The molecule has 1 heterocycles. The Kier molecular flexibility index (Phi) is 4.20. The van der Waals surface area contributed by atoms with Gasteiger partial charge in [0.25, 0.3) is 0 Å². The minimum absolute atomic E-state index is 0.0589. The number of esters is 1. The van der Waals surface area contributed by atoms with Crippen LogP contribution in [-0.2, 0) is 16.1 Å². The predicted molar refractivity (Wildman–Crippen MR) is 88.5 cm³/mol. The first-order valence-electron chi connectivity index (χ1n) is 7.32. The second-order valence-corrected chi connectivity index (χ2v) is 5.28. The number of hydrogen-bond acceptors (Lipinski definition) is 7. The average molecular weight is 342 g/mol. The van der Waals surface area contributed by atoms with Crippen molar-refractivity contribution >= 4 is 28.7 Å². The molecule has 25 heavy (non-hydrogen) atoms. The lowest BCUT2D eigenvalue weighted by atomic mass is 10.0. The number of aliphatic hydroxyl groups is 1. The van der Waals surface area contributed by atoms with E-state index in [1.54, 1.807) is 18.2 Å². The monoisotopic (exact) mass is 342 g/mol. The third kappa shape index (κ3) is 2.83. The number of carbonyl (C=O) groups is 2. The standard InChI is InChI=1S/C17H14N2O6/c1-8(21)18-15-10(22)6-12-16(13(15)17(23)24-2)19-14-9(7-20)4-3-5-11(14)25-12/h3-6,20H,7H2,1-2H3,(H,18,21). The molecule has 8 heteroatoms. The number of ether oxygens (including phenoxy) is 1. The van der Waals surface area contributed by atoms with Gasteiger partial charge in [-0.1, -0.05) is 12.1 Å². The Morgan fingerprint density at radius 3 is 2.76 bits per heavy atom. The zero-order valence-electron chi connectivity index (χ0n) is 13.5. The lowest BCUT2D eigenvalue weighted by Crippen LogP contribution is -2.22. The molecule has 128 valence electrons. The van der Waals surface area contributed by atoms with Crippen molar-refractivity contribution in [2.45, 2.75) is 13.5 Å². The highest BCUT2D eigenvalue weighted by Crippen LogP contribution is 2.32. The normalized spacial score (nSPS) is 10.8. The molecule has 0 unspecified atom stereocenters. The second kappa shape index (κ2) is 6.33. The van der Waals surface area contributed by atoms with E-state index in [1.165, 1.54) is 6.92 Å². The number of nitrogens with zero attached hydrogens (tertiary/aromatic N) is 1. The van der Waals surface area contributed by atoms with Gasteiger partial charge < -0.3 is 19.6 Å². The molecule has 2 aliphatic rings. The molecule has 1 aromatic carbocycles. The van der Waals surface area contributed by atoms with E-state index in [9.17, 15) is 19.5 Å². The number of fused-ring (bicyclic) bond motifs is 2. The summed E-state index contributed by atoms with van der Waals surface area (Å²) >= 11 is 0. The van der Waals surface area contributed by atoms with Gasteiger partial charge in [-0.05, 0) is 6.07 Å². The van der Waals surface area contributed by atoms with Crippen molar-refractivity contribution < 1.29 is 23.8 Å². The molecule has 3 rings (SSSR count). The summed E-state index contributed by atoms with van der Waals surface area (Å²) in [6, 6.07) is 6.11. The summed E-state index contributed by atoms with van der Waals surface area (Å²) in [5.74, 6) is -1.28. The molecule has 1 amide bonds. The summed E-state index contributed by atoms with van der Waals surface area (Å²) in [4.78, 5) is 40.3. The van der Waals surface area contributed by atoms with Crippen molar-refractivity contribution in [2.24, 2.45) is 0 Å². The molecular weight excluding hydrogens is 328 g/mol. The molecule has 1 aromatic rings. The summed E-state index contributed by atoms with van der Waals surface area (Å²) in [6.07, 6.45) is 0. The van der Waals surface area contributed by atoms with E-state index >= 15 is 0 Å². The van der Waals surface area contributed by atoms with Gasteiger partial charge in [-0.3, -0.25) is 9.59 Å². The van der Waals surface area contributed by atoms with Crippen molar-refractivity contribution in [3.05, 3.63) is 45.6 Å². The number of anilines is 1. The van der Waals surface area contributed by atoms with Gasteiger partial charge >= 0.3 is 5.97 Å². The van der Waals surface area contributed by atoms with E-state index in [0.29, 0.717) is 16.7 Å². The van der Waals surface area contributed by atoms with Crippen LogP contribution in [0.5, 0.6) is 0 Å². The zero-order chi connectivity index (χ0) is 18.1. The van der Waals surface area contributed by atoms with Crippen LogP contribution >= 0.6 is 0 Å². The molecule has 8 nitrogen and oxygen atoms in total. The van der Waals surface area contributed by atoms with Gasteiger partial charge in [-0.15, -0.1) is 0 Å². The molecule has 1 aliphatic carbocycles. The fourth-order valence-electron chi connectivity index (χ4n) is 2.55. The number of rotatable bonds is 3. The first kappa shape index (κ1) is 16.6. The fourth-order valence-corrected chi connectivity index (χ4v) is 2.55. The van der Waals surface area contributed by atoms with Gasteiger partial charge in [0.15, 0.2) is 11.3 Å². The van der Waals surface area contributed by atoms with Crippen LogP contribution in [0.15, 0.2) is 33.5 Å². The molecule has 1 aliphatic heterocycles. The minimum atomic E-state index is -0.838. The van der Waals surface area contributed by atoms with Gasteiger partial charge in [0.2, 0.25) is 11.3 Å². The van der Waals surface area contributed by atoms with Crippen LogP contribution in [0.4, 0.5) is 5.69 Å². The molecule has 0 radical (unpaired) electrons. The van der Waals surface area contributed by atoms with Crippen molar-refractivity contribution in [1.82, 2.24) is 4.98 Å². The first-order chi connectivity index (χ1) is 12.0. The van der Waals surface area contributed by atoms with E-state index in [4.69, 9.17) is 9.15 Å². The van der Waals surface area contributed by atoms with Crippen molar-refractivity contribution in [2.75, 3.05) is 12.4 Å². The second-order valence-electron chi connectivity index (χ2n) is 5.28. The molecule has 2 N–H and O–H groups in total. The van der Waals surface area contributed by atoms with E-state index in [-0.39, 0.29) is 29.3 Å². The van der Waals surface area contributed by atoms with Crippen LogP contribution in [0.1, 0.15) is 22.8 Å². The van der Waals surface area contributed by atoms with E-state index < -0.39 is 17.3 Å². The Morgan fingerprint density at radius 2 is 2.12 bits per heavy atom. The Balaban J connectivity index is 2.46. The summed E-state index contributed by atoms with van der Waals surface area (Å²) in [7, 11) is 1.15. The quantitative estimate of drug-likeness (QED) is 0.547. The lowest BCUT2D eigenvalue weighted by molar-refractivity contribution is -0.114. The Bertz CT molecular complexity index is 1020. The lowest BCUT2D eigenvalue weighted by Gasteiger charge is -2.14. The van der Waals surface area contributed by atoms with Gasteiger partial charge in [0, 0.05) is 18.6 Å². The number of para-hydroxylation sites is 1. The molecule has 0 aromatic heterocycles. The minimum Gasteiger partial charge on any atom is -0.465 e. The maximum absolute atomic E-state index is 12.3. The van der Waals surface area contributed by atoms with Crippen molar-refractivity contribution in [3.8, 4) is 11.5 Å². The molecule has 0 atom stereocenters. The number of amides is 1. The van der Waals surface area contributed by atoms with Crippen LogP contribution in [-0.4, -0.2) is 29.1 Å². The van der Waals surface area contributed by atoms with Gasteiger partial charge in [-0.25, -0.2) is 9.78 Å². The van der Waals surface area contributed by atoms with Gasteiger partial charge in [0.1, 0.15) is 22.5 Å². The van der Waals surface area contributed by atoms with E-state index in [0.717, 1.165) is 13.2 Å². The van der Waals surface area contributed by atoms with Gasteiger partial charge in [-0.2, -0.15) is 0 Å². The Hall–Kier alpha value is -3.26. The molecule has 0 saturated carbocycles. The average Bonchev–Trinajstić information content (AvgIpc) is 2.59. The number of benzene rings is 2. The summed E-state index contributed by atoms with van der Waals surface area (Å²) in [5, 5.41) is 11.8. The van der Waals surface area contributed by atoms with Crippen LogP contribution < -0.4 is 10.7 Å². The zero-order valence-corrected chi connectivity index (χ0v) is 13.5. The number of aliphatic hydroxyl groups excluding tert-OH is 1. The first-order valence-corrected chi connectivity index (χ1v) is 7.32. The van der Waals surface area contributed by atoms with Crippen LogP contribution in [0.3, 0.4) is 0 Å². The van der Waals surface area contributed by atoms with Crippen molar-refractivity contribution in [3.63, 3.8) is 0 Å². The Labute approximate surface area is 141 Å². The summed E-state index contributed by atoms with van der Waals surface area (Å²) in [6.45, 7) is 0.934.